The molecule has 2 aromatic heterocycles. The Balaban J connectivity index is 1.89. The van der Waals surface area contributed by atoms with E-state index in [1.165, 1.54) is 49.6 Å². The van der Waals surface area contributed by atoms with E-state index < -0.39 is 27.7 Å². The summed E-state index contributed by atoms with van der Waals surface area (Å²) in [7, 11) is -2.87. The number of methoxy groups -OCH3 is 1. The molecule has 0 atom stereocenters. The van der Waals surface area contributed by atoms with E-state index >= 15 is 0 Å². The van der Waals surface area contributed by atoms with Gasteiger partial charge >= 0.3 is 12.1 Å². The topological polar surface area (TPSA) is 98.5 Å². The van der Waals surface area contributed by atoms with Crippen LogP contribution in [-0.4, -0.2) is 35.6 Å². The molecule has 0 aliphatic rings. The molecule has 4 rings (SSSR count). The van der Waals surface area contributed by atoms with Gasteiger partial charge in [0, 0.05) is 23.6 Å². The standard InChI is InChI=1S/C23H17F3N2O5S/c1-33-21-9-7-19(13-27-21)34(31,32)28-18(10-14-2-4-15(5-3-14)22(29)30)12-16-11-17(23(24,25)26)6-8-20(16)28/h2-9,11-13H,10H2,1H3,(H,29,30). The van der Waals surface area contributed by atoms with Crippen molar-refractivity contribution in [2.24, 2.45) is 0 Å². The number of aromatic carboxylic acids is 1. The number of hydrogen-bond acceptors (Lipinski definition) is 5. The highest BCUT2D eigenvalue weighted by Gasteiger charge is 2.32. The van der Waals surface area contributed by atoms with Crippen LogP contribution >= 0.6 is 0 Å². The summed E-state index contributed by atoms with van der Waals surface area (Å²) in [4.78, 5) is 14.8. The quantitative estimate of drug-likeness (QED) is 0.425. The highest BCUT2D eigenvalue weighted by molar-refractivity contribution is 7.90. The van der Waals surface area contributed by atoms with Crippen LogP contribution in [0.2, 0.25) is 0 Å². The van der Waals surface area contributed by atoms with Crippen molar-refractivity contribution in [3.63, 3.8) is 0 Å². The zero-order chi connectivity index (χ0) is 24.7. The van der Waals surface area contributed by atoms with Crippen molar-refractivity contribution in [2.45, 2.75) is 17.5 Å². The SMILES string of the molecule is COc1ccc(S(=O)(=O)n2c(Cc3ccc(C(=O)O)cc3)cc3cc(C(F)(F)F)ccc32)cn1. The number of aromatic nitrogens is 2. The number of halogens is 3. The summed E-state index contributed by atoms with van der Waals surface area (Å²) in [5.74, 6) is -0.917. The third kappa shape index (κ3) is 4.34. The number of benzene rings is 2. The lowest BCUT2D eigenvalue weighted by molar-refractivity contribution is -0.137. The van der Waals surface area contributed by atoms with Crippen LogP contribution in [0.5, 0.6) is 5.88 Å². The Labute approximate surface area is 192 Å². The molecule has 11 heteroatoms. The highest BCUT2D eigenvalue weighted by atomic mass is 32.2. The first-order valence-electron chi connectivity index (χ1n) is 9.80. The Morgan fingerprint density at radius 3 is 2.32 bits per heavy atom. The van der Waals surface area contributed by atoms with E-state index in [2.05, 4.69) is 4.98 Å². The molecule has 0 saturated carbocycles. The smallest absolute Gasteiger partial charge is 0.416 e. The van der Waals surface area contributed by atoms with Gasteiger partial charge in [-0.05, 0) is 48.0 Å². The fraction of sp³-hybridized carbons (Fsp3) is 0.130. The van der Waals surface area contributed by atoms with Gasteiger partial charge in [-0.1, -0.05) is 12.1 Å². The van der Waals surface area contributed by atoms with E-state index in [4.69, 9.17) is 9.84 Å². The fourth-order valence-electron chi connectivity index (χ4n) is 3.55. The first-order valence-corrected chi connectivity index (χ1v) is 11.2. The molecule has 0 fully saturated rings. The number of alkyl halides is 3. The van der Waals surface area contributed by atoms with Gasteiger partial charge in [0.15, 0.2) is 0 Å². The molecule has 2 heterocycles. The van der Waals surface area contributed by atoms with Gasteiger partial charge < -0.3 is 9.84 Å². The van der Waals surface area contributed by atoms with E-state index in [9.17, 15) is 26.4 Å². The molecular weight excluding hydrogens is 473 g/mol. The minimum Gasteiger partial charge on any atom is -0.481 e. The average Bonchev–Trinajstić information content (AvgIpc) is 3.16. The molecule has 34 heavy (non-hydrogen) atoms. The molecule has 1 N–H and O–H groups in total. The molecule has 0 aliphatic carbocycles. The van der Waals surface area contributed by atoms with Gasteiger partial charge in [-0.25, -0.2) is 22.2 Å². The van der Waals surface area contributed by atoms with Crippen molar-refractivity contribution in [3.05, 3.63) is 89.2 Å². The van der Waals surface area contributed by atoms with Crippen molar-refractivity contribution in [3.8, 4) is 5.88 Å². The van der Waals surface area contributed by atoms with Crippen molar-refractivity contribution >= 4 is 26.9 Å². The fourth-order valence-corrected chi connectivity index (χ4v) is 5.04. The molecule has 4 aromatic rings. The molecule has 0 radical (unpaired) electrons. The van der Waals surface area contributed by atoms with E-state index in [0.717, 1.165) is 28.4 Å². The normalized spacial score (nSPS) is 12.1. The second-order valence-corrected chi connectivity index (χ2v) is 9.18. The lowest BCUT2D eigenvalue weighted by atomic mass is 10.1. The van der Waals surface area contributed by atoms with Crippen molar-refractivity contribution in [1.29, 1.82) is 0 Å². The van der Waals surface area contributed by atoms with Crippen molar-refractivity contribution in [2.75, 3.05) is 7.11 Å². The maximum Gasteiger partial charge on any atom is 0.416 e. The molecule has 0 bridgehead atoms. The molecular formula is C23H17F3N2O5S. The van der Waals surface area contributed by atoms with Crippen molar-refractivity contribution < 1.29 is 36.2 Å². The molecule has 176 valence electrons. The summed E-state index contributed by atoms with van der Waals surface area (Å²) < 4.78 is 72.7. The molecule has 0 saturated heterocycles. The van der Waals surface area contributed by atoms with Crippen LogP contribution < -0.4 is 4.74 Å². The Hall–Kier alpha value is -3.86. The van der Waals surface area contributed by atoms with E-state index in [0.29, 0.717) is 5.56 Å². The van der Waals surface area contributed by atoms with Crippen LogP contribution in [0.25, 0.3) is 10.9 Å². The largest absolute Gasteiger partial charge is 0.481 e. The highest BCUT2D eigenvalue weighted by Crippen LogP contribution is 2.34. The summed E-state index contributed by atoms with van der Waals surface area (Å²) >= 11 is 0. The van der Waals surface area contributed by atoms with Gasteiger partial charge in [-0.15, -0.1) is 0 Å². The van der Waals surface area contributed by atoms with Crippen LogP contribution in [0, 0.1) is 0 Å². The minimum absolute atomic E-state index is 0.0265. The Morgan fingerprint density at radius 1 is 1.06 bits per heavy atom. The van der Waals surface area contributed by atoms with Gasteiger partial charge in [0.25, 0.3) is 10.0 Å². The maximum absolute atomic E-state index is 13.5. The van der Waals surface area contributed by atoms with E-state index in [1.54, 1.807) is 0 Å². The minimum atomic E-state index is -4.60. The predicted octanol–water partition coefficient (Wildman–Crippen LogP) is 4.59. The number of carboxylic acid groups (broad SMARTS) is 1. The maximum atomic E-state index is 13.5. The lowest BCUT2D eigenvalue weighted by Gasteiger charge is -2.13. The number of carbonyl (C=O) groups is 1. The molecule has 0 amide bonds. The van der Waals surface area contributed by atoms with Gasteiger partial charge in [0.2, 0.25) is 5.88 Å². The molecule has 0 aliphatic heterocycles. The molecule has 7 nitrogen and oxygen atoms in total. The number of rotatable bonds is 6. The van der Waals surface area contributed by atoms with E-state index in [-0.39, 0.29) is 39.4 Å². The first-order chi connectivity index (χ1) is 16.0. The zero-order valence-corrected chi connectivity index (χ0v) is 18.4. The number of carboxylic acids is 1. The summed E-state index contributed by atoms with van der Waals surface area (Å²) in [6, 6.07) is 12.7. The molecule has 0 unspecified atom stereocenters. The van der Waals surface area contributed by atoms with Crippen LogP contribution in [0.4, 0.5) is 13.2 Å². The van der Waals surface area contributed by atoms with Crippen molar-refractivity contribution in [1.82, 2.24) is 8.96 Å². The third-order valence-corrected chi connectivity index (χ3v) is 6.95. The summed E-state index contributed by atoms with van der Waals surface area (Å²) in [6.07, 6.45) is -3.46. The van der Waals surface area contributed by atoms with Crippen LogP contribution in [0.3, 0.4) is 0 Å². The Bertz CT molecular complexity index is 1480. The molecule has 0 spiro atoms. The number of ether oxygens (including phenoxy) is 1. The van der Waals surface area contributed by atoms with Gasteiger partial charge in [-0.2, -0.15) is 13.2 Å². The average molecular weight is 490 g/mol. The lowest BCUT2D eigenvalue weighted by Crippen LogP contribution is -2.16. The second-order valence-electron chi connectivity index (χ2n) is 7.39. The summed E-state index contributed by atoms with van der Waals surface area (Å²) in [6.45, 7) is 0. The zero-order valence-electron chi connectivity index (χ0n) is 17.6. The van der Waals surface area contributed by atoms with Gasteiger partial charge in [0.1, 0.15) is 4.90 Å². The van der Waals surface area contributed by atoms with Crippen LogP contribution in [0.15, 0.2) is 71.8 Å². The summed E-state index contributed by atoms with van der Waals surface area (Å²) in [5, 5.41) is 9.17. The van der Waals surface area contributed by atoms with Gasteiger partial charge in [0.05, 0.1) is 30.0 Å². The van der Waals surface area contributed by atoms with E-state index in [1.807, 2.05) is 0 Å². The summed E-state index contributed by atoms with van der Waals surface area (Å²) in [5.41, 5.74) is -0.00332. The monoisotopic (exact) mass is 490 g/mol. The van der Waals surface area contributed by atoms with Crippen LogP contribution in [-0.2, 0) is 22.6 Å². The third-order valence-electron chi connectivity index (χ3n) is 5.20. The Kier molecular flexibility index (Phi) is 5.82. The number of fused-ring (bicyclic) bond motifs is 1. The predicted molar refractivity (Wildman–Crippen MR) is 117 cm³/mol. The number of pyridine rings is 1. The van der Waals surface area contributed by atoms with Crippen LogP contribution in [0.1, 0.15) is 27.2 Å². The number of hydrogen-bond donors (Lipinski definition) is 1. The second kappa shape index (κ2) is 8.49. The first kappa shape index (κ1) is 23.3. The van der Waals surface area contributed by atoms with Gasteiger partial charge in [-0.3, -0.25) is 0 Å². The number of nitrogens with zero attached hydrogens (tertiary/aromatic N) is 2. The Morgan fingerprint density at radius 2 is 1.76 bits per heavy atom. The molecule has 2 aromatic carbocycles.